The molecule has 0 bridgehead atoms. The summed E-state index contributed by atoms with van der Waals surface area (Å²) in [6.07, 6.45) is 0.903. The third-order valence-corrected chi connectivity index (χ3v) is 5.41. The third-order valence-electron chi connectivity index (χ3n) is 5.41. The second-order valence-electron chi connectivity index (χ2n) is 8.02. The normalized spacial score (nSPS) is 15.8. The van der Waals surface area contributed by atoms with Crippen LogP contribution in [0.4, 0.5) is 0 Å². The summed E-state index contributed by atoms with van der Waals surface area (Å²) >= 11 is 0. The number of nitrogens with zero attached hydrogens (tertiary/aromatic N) is 1. The fraction of sp³-hybridized carbons (Fsp3) is 0.458. The topological polar surface area (TPSA) is 64.1 Å². The molecule has 1 atom stereocenters. The van der Waals surface area contributed by atoms with Crippen LogP contribution in [0.5, 0.6) is 17.2 Å². The molecule has 31 heavy (non-hydrogen) atoms. The molecule has 0 spiro atoms. The van der Waals surface area contributed by atoms with Gasteiger partial charge in [0.05, 0.1) is 33.4 Å². The summed E-state index contributed by atoms with van der Waals surface area (Å²) in [6, 6.07) is 14.4. The first kappa shape index (κ1) is 25.1. The van der Waals surface area contributed by atoms with Crippen LogP contribution in [0.2, 0.25) is 0 Å². The van der Waals surface area contributed by atoms with Crippen molar-refractivity contribution in [3.63, 3.8) is 0 Å². The van der Waals surface area contributed by atoms with E-state index in [9.17, 15) is 0 Å². The fourth-order valence-electron chi connectivity index (χ4n) is 3.60. The molecule has 170 valence electrons. The number of para-hydroxylation sites is 1. The van der Waals surface area contributed by atoms with E-state index in [1.807, 2.05) is 30.3 Å². The predicted molar refractivity (Wildman–Crippen MR) is 136 cm³/mol. The van der Waals surface area contributed by atoms with Gasteiger partial charge in [-0.25, -0.2) is 0 Å². The SMILES string of the molecule is CCNC(=NCC(C)(C)c1ccc(OC)c(OC)c1)NC1CCOc2ccccc21.I. The van der Waals surface area contributed by atoms with Crippen molar-refractivity contribution >= 4 is 29.9 Å². The predicted octanol–water partition coefficient (Wildman–Crippen LogP) is 4.68. The number of fused-ring (bicyclic) bond motifs is 1. The Hall–Kier alpha value is -2.16. The first-order valence-corrected chi connectivity index (χ1v) is 10.5. The van der Waals surface area contributed by atoms with Crippen molar-refractivity contribution in [3.8, 4) is 17.2 Å². The lowest BCUT2D eigenvalue weighted by Crippen LogP contribution is -2.41. The molecule has 0 radical (unpaired) electrons. The van der Waals surface area contributed by atoms with Crippen molar-refractivity contribution in [2.45, 2.75) is 38.6 Å². The van der Waals surface area contributed by atoms with Crippen molar-refractivity contribution < 1.29 is 14.2 Å². The van der Waals surface area contributed by atoms with Gasteiger partial charge in [0.15, 0.2) is 17.5 Å². The van der Waals surface area contributed by atoms with Gasteiger partial charge in [-0.05, 0) is 30.7 Å². The molecule has 0 amide bonds. The number of rotatable bonds is 7. The Kier molecular flexibility index (Phi) is 9.28. The molecule has 6 nitrogen and oxygen atoms in total. The summed E-state index contributed by atoms with van der Waals surface area (Å²) in [6.45, 7) is 8.58. The summed E-state index contributed by atoms with van der Waals surface area (Å²) in [5, 5.41) is 6.97. The lowest BCUT2D eigenvalue weighted by Gasteiger charge is -2.29. The molecule has 2 aromatic carbocycles. The Labute approximate surface area is 202 Å². The van der Waals surface area contributed by atoms with Gasteiger partial charge in [-0.2, -0.15) is 0 Å². The van der Waals surface area contributed by atoms with Crippen molar-refractivity contribution in [1.29, 1.82) is 0 Å². The molecule has 1 aliphatic heterocycles. The van der Waals surface area contributed by atoms with E-state index >= 15 is 0 Å². The zero-order chi connectivity index (χ0) is 21.6. The maximum atomic E-state index is 5.79. The van der Waals surface area contributed by atoms with E-state index in [0.717, 1.165) is 41.7 Å². The number of ether oxygens (including phenoxy) is 3. The number of methoxy groups -OCH3 is 2. The molecule has 2 N–H and O–H groups in total. The minimum atomic E-state index is -0.171. The average molecular weight is 539 g/mol. The monoisotopic (exact) mass is 539 g/mol. The van der Waals surface area contributed by atoms with Crippen molar-refractivity contribution in [3.05, 3.63) is 53.6 Å². The van der Waals surface area contributed by atoms with E-state index in [1.165, 1.54) is 5.56 Å². The maximum Gasteiger partial charge on any atom is 0.191 e. The van der Waals surface area contributed by atoms with E-state index in [2.05, 4.69) is 43.5 Å². The van der Waals surface area contributed by atoms with E-state index in [1.54, 1.807) is 14.2 Å². The molecular formula is C24H34IN3O3. The van der Waals surface area contributed by atoms with E-state index < -0.39 is 0 Å². The van der Waals surface area contributed by atoms with Crippen LogP contribution in [0.15, 0.2) is 47.5 Å². The zero-order valence-corrected chi connectivity index (χ0v) is 21.4. The van der Waals surface area contributed by atoms with E-state index in [-0.39, 0.29) is 35.4 Å². The molecular weight excluding hydrogens is 505 g/mol. The summed E-state index contributed by atoms with van der Waals surface area (Å²) < 4.78 is 16.6. The Morgan fingerprint density at radius 1 is 1.13 bits per heavy atom. The molecule has 3 rings (SSSR count). The lowest BCUT2D eigenvalue weighted by molar-refractivity contribution is 0.261. The second-order valence-corrected chi connectivity index (χ2v) is 8.02. The number of aliphatic imine (C=N–C) groups is 1. The first-order valence-electron chi connectivity index (χ1n) is 10.5. The van der Waals surface area contributed by atoms with Crippen molar-refractivity contribution in [2.75, 3.05) is 33.9 Å². The first-order chi connectivity index (χ1) is 14.5. The van der Waals surface area contributed by atoms with Gasteiger partial charge in [0.25, 0.3) is 0 Å². The molecule has 2 aromatic rings. The Morgan fingerprint density at radius 3 is 2.58 bits per heavy atom. The van der Waals surface area contributed by atoms with Gasteiger partial charge in [0.1, 0.15) is 5.75 Å². The van der Waals surface area contributed by atoms with Gasteiger partial charge in [-0.15, -0.1) is 24.0 Å². The van der Waals surface area contributed by atoms with Gasteiger partial charge in [0.2, 0.25) is 0 Å². The Balaban J connectivity index is 0.00000341. The number of benzene rings is 2. The highest BCUT2D eigenvalue weighted by Gasteiger charge is 2.24. The molecule has 0 saturated heterocycles. The van der Waals surface area contributed by atoms with Crippen LogP contribution in [0.1, 0.15) is 44.4 Å². The molecule has 7 heteroatoms. The van der Waals surface area contributed by atoms with Crippen LogP contribution in [0, 0.1) is 0 Å². The van der Waals surface area contributed by atoms with Gasteiger partial charge < -0.3 is 24.8 Å². The maximum absolute atomic E-state index is 5.79. The zero-order valence-electron chi connectivity index (χ0n) is 19.0. The van der Waals surface area contributed by atoms with Crippen molar-refractivity contribution in [2.24, 2.45) is 4.99 Å². The van der Waals surface area contributed by atoms with Crippen LogP contribution >= 0.6 is 24.0 Å². The molecule has 1 aliphatic rings. The highest BCUT2D eigenvalue weighted by Crippen LogP contribution is 2.34. The van der Waals surface area contributed by atoms with E-state index in [0.29, 0.717) is 13.2 Å². The minimum absolute atomic E-state index is 0. The molecule has 0 aliphatic carbocycles. The van der Waals surface area contributed by atoms with Crippen LogP contribution in [0.25, 0.3) is 0 Å². The molecule has 1 heterocycles. The highest BCUT2D eigenvalue weighted by molar-refractivity contribution is 14.0. The quantitative estimate of drug-likeness (QED) is 0.304. The minimum Gasteiger partial charge on any atom is -0.493 e. The van der Waals surface area contributed by atoms with Crippen LogP contribution in [-0.2, 0) is 5.41 Å². The smallest absolute Gasteiger partial charge is 0.191 e. The van der Waals surface area contributed by atoms with Crippen LogP contribution in [0.3, 0.4) is 0 Å². The second kappa shape index (κ2) is 11.5. The van der Waals surface area contributed by atoms with Crippen LogP contribution in [-0.4, -0.2) is 39.9 Å². The summed E-state index contributed by atoms with van der Waals surface area (Å²) in [7, 11) is 3.31. The molecule has 0 aromatic heterocycles. The fourth-order valence-corrected chi connectivity index (χ4v) is 3.60. The number of nitrogens with one attached hydrogen (secondary N) is 2. The molecule has 0 fully saturated rings. The molecule has 1 unspecified atom stereocenters. The molecule has 0 saturated carbocycles. The van der Waals surface area contributed by atoms with Crippen LogP contribution < -0.4 is 24.8 Å². The lowest BCUT2D eigenvalue weighted by atomic mass is 9.84. The largest absolute Gasteiger partial charge is 0.493 e. The number of hydrogen-bond donors (Lipinski definition) is 2. The summed E-state index contributed by atoms with van der Waals surface area (Å²) in [4.78, 5) is 4.91. The standard InChI is InChI=1S/C24H33N3O3.HI/c1-6-25-23(27-19-13-14-30-20-10-8-7-9-18(19)20)26-16-24(2,3)17-11-12-21(28-4)22(15-17)29-5;/h7-12,15,19H,6,13-14,16H2,1-5H3,(H2,25,26,27);1H. The van der Waals surface area contributed by atoms with Gasteiger partial charge in [-0.3, -0.25) is 4.99 Å². The van der Waals surface area contributed by atoms with Gasteiger partial charge >= 0.3 is 0 Å². The highest BCUT2D eigenvalue weighted by atomic mass is 127. The van der Waals surface area contributed by atoms with Gasteiger partial charge in [0, 0.05) is 23.9 Å². The number of hydrogen-bond acceptors (Lipinski definition) is 4. The number of guanidine groups is 1. The number of halogens is 1. The van der Waals surface area contributed by atoms with Crippen molar-refractivity contribution in [1.82, 2.24) is 10.6 Å². The van der Waals surface area contributed by atoms with E-state index in [4.69, 9.17) is 19.2 Å². The summed E-state index contributed by atoms with van der Waals surface area (Å²) in [5.41, 5.74) is 2.15. The summed E-state index contributed by atoms with van der Waals surface area (Å²) in [5.74, 6) is 3.22. The third kappa shape index (κ3) is 6.18. The Morgan fingerprint density at radius 2 is 1.87 bits per heavy atom. The Bertz CT molecular complexity index is 886. The average Bonchev–Trinajstić information content (AvgIpc) is 2.77. The van der Waals surface area contributed by atoms with Gasteiger partial charge in [-0.1, -0.05) is 38.1 Å².